The highest BCUT2D eigenvalue weighted by Crippen LogP contribution is 2.34. The molecular weight excluding hydrogens is 244 g/mol. The Kier molecular flexibility index (Phi) is 3.66. The van der Waals surface area contributed by atoms with Gasteiger partial charge in [0, 0.05) is 13.0 Å². The minimum Gasteiger partial charge on any atom is -0.496 e. The molecule has 1 amide bonds. The van der Waals surface area contributed by atoms with E-state index in [4.69, 9.17) is 9.15 Å². The van der Waals surface area contributed by atoms with Crippen molar-refractivity contribution in [3.05, 3.63) is 36.7 Å². The van der Waals surface area contributed by atoms with Crippen molar-refractivity contribution >= 4 is 17.7 Å². The van der Waals surface area contributed by atoms with Crippen molar-refractivity contribution in [1.29, 1.82) is 0 Å². The molecule has 0 spiro atoms. The quantitative estimate of drug-likeness (QED) is 0.915. The molecule has 5 nitrogen and oxygen atoms in total. The highest BCUT2D eigenvalue weighted by Gasteiger charge is 2.14. The predicted molar refractivity (Wildman–Crippen MR) is 72.9 cm³/mol. The largest absolute Gasteiger partial charge is 0.496 e. The normalized spacial score (nSPS) is 10.0. The molecule has 98 valence electrons. The third kappa shape index (κ3) is 2.65. The van der Waals surface area contributed by atoms with Crippen LogP contribution in [-0.4, -0.2) is 18.0 Å². The molecular formula is C14H14N2O3. The Bertz CT molecular complexity index is 603. The maximum absolute atomic E-state index is 11.2. The molecule has 0 saturated heterocycles. The van der Waals surface area contributed by atoms with Gasteiger partial charge in [-0.1, -0.05) is 12.7 Å². The van der Waals surface area contributed by atoms with Gasteiger partial charge in [-0.05, 0) is 11.6 Å². The summed E-state index contributed by atoms with van der Waals surface area (Å²) in [5.74, 6) is 0.861. The van der Waals surface area contributed by atoms with Crippen LogP contribution in [0.2, 0.25) is 0 Å². The van der Waals surface area contributed by atoms with E-state index in [-0.39, 0.29) is 5.91 Å². The number of methoxy groups -OCH3 is 1. The summed E-state index contributed by atoms with van der Waals surface area (Å²) in [6.07, 6.45) is 4.70. The van der Waals surface area contributed by atoms with Gasteiger partial charge in [-0.2, -0.15) is 0 Å². The van der Waals surface area contributed by atoms with Crippen molar-refractivity contribution in [3.8, 4) is 17.2 Å². The topological polar surface area (TPSA) is 64.4 Å². The molecule has 0 radical (unpaired) electrons. The van der Waals surface area contributed by atoms with Gasteiger partial charge >= 0.3 is 0 Å². The number of carbonyl (C=O) groups is 1. The van der Waals surface area contributed by atoms with Crippen LogP contribution >= 0.6 is 0 Å². The van der Waals surface area contributed by atoms with Crippen LogP contribution in [-0.2, 0) is 4.79 Å². The number of oxazole rings is 1. The van der Waals surface area contributed by atoms with Crippen molar-refractivity contribution in [2.75, 3.05) is 12.4 Å². The van der Waals surface area contributed by atoms with Crippen LogP contribution in [0, 0.1) is 0 Å². The lowest BCUT2D eigenvalue weighted by atomic mass is 10.1. The van der Waals surface area contributed by atoms with Crippen LogP contribution < -0.4 is 10.1 Å². The van der Waals surface area contributed by atoms with E-state index in [1.165, 1.54) is 13.2 Å². The van der Waals surface area contributed by atoms with Crippen molar-refractivity contribution in [2.24, 2.45) is 0 Å². The van der Waals surface area contributed by atoms with Gasteiger partial charge in [0.25, 0.3) is 0 Å². The number of nitrogens with zero attached hydrogens (tertiary/aromatic N) is 1. The number of carbonyl (C=O) groups excluding carboxylic acids is 1. The summed E-state index contributed by atoms with van der Waals surface area (Å²) in [5.41, 5.74) is 2.11. The summed E-state index contributed by atoms with van der Waals surface area (Å²) in [6, 6.07) is 3.53. The van der Waals surface area contributed by atoms with Crippen molar-refractivity contribution < 1.29 is 13.9 Å². The van der Waals surface area contributed by atoms with Gasteiger partial charge in [0.05, 0.1) is 24.6 Å². The minimum atomic E-state index is -0.158. The average Bonchev–Trinajstić information content (AvgIpc) is 2.91. The number of benzene rings is 1. The van der Waals surface area contributed by atoms with Crippen LogP contribution in [0.4, 0.5) is 5.69 Å². The van der Waals surface area contributed by atoms with Crippen LogP contribution in [0.25, 0.3) is 17.5 Å². The average molecular weight is 258 g/mol. The van der Waals surface area contributed by atoms with E-state index in [1.54, 1.807) is 25.4 Å². The summed E-state index contributed by atoms with van der Waals surface area (Å²) in [4.78, 5) is 15.3. The predicted octanol–water partition coefficient (Wildman–Crippen LogP) is 2.95. The number of hydrogen-bond donors (Lipinski definition) is 1. The van der Waals surface area contributed by atoms with Gasteiger partial charge < -0.3 is 14.5 Å². The van der Waals surface area contributed by atoms with Crippen LogP contribution in [0.3, 0.4) is 0 Å². The van der Waals surface area contributed by atoms with Gasteiger partial charge in [-0.25, -0.2) is 4.98 Å². The van der Waals surface area contributed by atoms with Gasteiger partial charge in [-0.3, -0.25) is 4.79 Å². The number of hydrogen-bond acceptors (Lipinski definition) is 4. The number of amides is 1. The monoisotopic (exact) mass is 258 g/mol. The fourth-order valence-electron chi connectivity index (χ4n) is 1.76. The second-order valence-electron chi connectivity index (χ2n) is 3.86. The molecule has 2 aromatic rings. The first-order valence-corrected chi connectivity index (χ1v) is 5.67. The molecule has 0 atom stereocenters. The zero-order chi connectivity index (χ0) is 13.8. The van der Waals surface area contributed by atoms with Gasteiger partial charge in [0.2, 0.25) is 11.8 Å². The first-order valence-electron chi connectivity index (χ1n) is 5.67. The zero-order valence-corrected chi connectivity index (χ0v) is 10.8. The van der Waals surface area contributed by atoms with E-state index in [1.807, 2.05) is 6.07 Å². The number of anilines is 1. The number of rotatable bonds is 4. The SMILES string of the molecule is C=Cc1cc(-c2ncco2)c(OC)cc1NC(C)=O. The van der Waals surface area contributed by atoms with Crippen molar-refractivity contribution in [1.82, 2.24) is 4.98 Å². The molecule has 0 aliphatic rings. The Morgan fingerprint density at radius 1 is 1.53 bits per heavy atom. The Balaban J connectivity index is 2.57. The van der Waals surface area contributed by atoms with Crippen LogP contribution in [0.1, 0.15) is 12.5 Å². The zero-order valence-electron chi connectivity index (χ0n) is 10.8. The molecule has 5 heteroatoms. The lowest BCUT2D eigenvalue weighted by Crippen LogP contribution is -2.07. The lowest BCUT2D eigenvalue weighted by Gasteiger charge is -2.12. The standard InChI is InChI=1S/C14H14N2O3/c1-4-10-7-11(14-15-5-6-19-14)13(18-3)8-12(10)16-9(2)17/h4-8H,1H2,2-3H3,(H,16,17). The summed E-state index contributed by atoms with van der Waals surface area (Å²) in [5, 5.41) is 2.73. The highest BCUT2D eigenvalue weighted by molar-refractivity contribution is 5.92. The summed E-state index contributed by atoms with van der Waals surface area (Å²) in [7, 11) is 1.55. The Morgan fingerprint density at radius 2 is 2.32 bits per heavy atom. The Morgan fingerprint density at radius 3 is 2.84 bits per heavy atom. The van der Waals surface area contributed by atoms with E-state index in [2.05, 4.69) is 16.9 Å². The van der Waals surface area contributed by atoms with Crippen molar-refractivity contribution in [3.63, 3.8) is 0 Å². The second-order valence-corrected chi connectivity index (χ2v) is 3.86. The maximum Gasteiger partial charge on any atom is 0.229 e. The molecule has 19 heavy (non-hydrogen) atoms. The third-order valence-electron chi connectivity index (χ3n) is 2.56. The number of ether oxygens (including phenoxy) is 1. The van der Waals surface area contributed by atoms with E-state index in [0.29, 0.717) is 22.9 Å². The minimum absolute atomic E-state index is 0.158. The van der Waals surface area contributed by atoms with E-state index >= 15 is 0 Å². The molecule has 0 bridgehead atoms. The molecule has 0 aliphatic carbocycles. The maximum atomic E-state index is 11.2. The number of aromatic nitrogens is 1. The number of nitrogens with one attached hydrogen (secondary N) is 1. The summed E-state index contributed by atoms with van der Waals surface area (Å²) < 4.78 is 10.6. The third-order valence-corrected chi connectivity index (χ3v) is 2.56. The van der Waals surface area contributed by atoms with Crippen molar-refractivity contribution in [2.45, 2.75) is 6.92 Å². The van der Waals surface area contributed by atoms with Gasteiger partial charge in [0.1, 0.15) is 12.0 Å². The Labute approximate surface area is 110 Å². The first-order chi connectivity index (χ1) is 9.15. The molecule has 0 saturated carbocycles. The molecule has 0 aliphatic heterocycles. The highest BCUT2D eigenvalue weighted by atomic mass is 16.5. The van der Waals surface area contributed by atoms with Crippen LogP contribution in [0.15, 0.2) is 35.6 Å². The Hall–Kier alpha value is -2.56. The fraction of sp³-hybridized carbons (Fsp3) is 0.143. The summed E-state index contributed by atoms with van der Waals surface area (Å²) in [6.45, 7) is 5.18. The lowest BCUT2D eigenvalue weighted by molar-refractivity contribution is -0.114. The summed E-state index contributed by atoms with van der Waals surface area (Å²) >= 11 is 0. The fourth-order valence-corrected chi connectivity index (χ4v) is 1.76. The molecule has 0 unspecified atom stereocenters. The molecule has 2 rings (SSSR count). The molecule has 1 heterocycles. The molecule has 0 fully saturated rings. The van der Waals surface area contributed by atoms with E-state index < -0.39 is 0 Å². The molecule has 1 aromatic carbocycles. The van der Waals surface area contributed by atoms with Gasteiger partial charge in [-0.15, -0.1) is 0 Å². The first kappa shape index (κ1) is 12.9. The molecule has 1 aromatic heterocycles. The van der Waals surface area contributed by atoms with E-state index in [0.717, 1.165) is 5.56 Å². The second kappa shape index (κ2) is 5.39. The van der Waals surface area contributed by atoms with E-state index in [9.17, 15) is 4.79 Å². The van der Waals surface area contributed by atoms with Crippen LogP contribution in [0.5, 0.6) is 5.75 Å². The van der Waals surface area contributed by atoms with Gasteiger partial charge in [0.15, 0.2) is 0 Å². The molecule has 1 N–H and O–H groups in total. The smallest absolute Gasteiger partial charge is 0.229 e.